The topological polar surface area (TPSA) is 82.1 Å². The highest BCUT2D eigenvalue weighted by Gasteiger charge is 2.31. The van der Waals surface area contributed by atoms with Crippen molar-refractivity contribution in [2.45, 2.75) is 13.0 Å². The number of piperazine rings is 1. The van der Waals surface area contributed by atoms with E-state index in [1.807, 2.05) is 7.05 Å². The van der Waals surface area contributed by atoms with E-state index in [9.17, 15) is 5.26 Å². The normalized spacial score (nSPS) is 19.5. The largest absolute Gasteiger partial charge is 0.352 e. The Hall–Kier alpha value is -2.46. The molecule has 1 atom stereocenters. The molecule has 0 radical (unpaired) electrons. The third-order valence-electron chi connectivity index (χ3n) is 3.68. The predicted molar refractivity (Wildman–Crippen MR) is 75.6 cm³/mol. The van der Waals surface area contributed by atoms with Gasteiger partial charge in [0.1, 0.15) is 17.9 Å². The molecule has 2 aromatic rings. The quantitative estimate of drug-likeness (QED) is 0.817. The second-order valence-electron chi connectivity index (χ2n) is 5.11. The summed E-state index contributed by atoms with van der Waals surface area (Å²) in [6.45, 7) is 4.13. The Labute approximate surface area is 122 Å². The summed E-state index contributed by atoms with van der Waals surface area (Å²) in [4.78, 5) is 13.0. The molecule has 0 bridgehead atoms. The zero-order valence-electron chi connectivity index (χ0n) is 12.0. The molecule has 1 saturated heterocycles. The van der Waals surface area contributed by atoms with Crippen molar-refractivity contribution in [3.63, 3.8) is 0 Å². The fourth-order valence-electron chi connectivity index (χ4n) is 2.52. The SMILES string of the molecule is Cc1noc(C2CN(c3ncccc3C#N)CCN2C)n1. The van der Waals surface area contributed by atoms with Gasteiger partial charge in [-0.1, -0.05) is 5.16 Å². The van der Waals surface area contributed by atoms with E-state index in [0.29, 0.717) is 29.6 Å². The minimum absolute atomic E-state index is 0.00787. The molecule has 0 N–H and O–H groups in total. The molecule has 21 heavy (non-hydrogen) atoms. The molecule has 7 nitrogen and oxygen atoms in total. The average Bonchev–Trinajstić information content (AvgIpc) is 2.94. The number of rotatable bonds is 2. The summed E-state index contributed by atoms with van der Waals surface area (Å²) in [5.74, 6) is 1.95. The second kappa shape index (κ2) is 5.50. The number of hydrogen-bond donors (Lipinski definition) is 0. The van der Waals surface area contributed by atoms with Crippen molar-refractivity contribution in [3.8, 4) is 6.07 Å². The van der Waals surface area contributed by atoms with Crippen LogP contribution in [0.2, 0.25) is 0 Å². The number of nitrogens with zero attached hydrogens (tertiary/aromatic N) is 6. The first-order valence-electron chi connectivity index (χ1n) is 6.79. The van der Waals surface area contributed by atoms with Gasteiger partial charge >= 0.3 is 0 Å². The summed E-state index contributed by atoms with van der Waals surface area (Å²) in [6.07, 6.45) is 1.71. The Balaban J connectivity index is 1.88. The van der Waals surface area contributed by atoms with Gasteiger partial charge in [-0.25, -0.2) is 4.98 Å². The lowest BCUT2D eigenvalue weighted by Gasteiger charge is -2.38. The van der Waals surface area contributed by atoms with Gasteiger partial charge in [0, 0.05) is 25.8 Å². The van der Waals surface area contributed by atoms with E-state index in [4.69, 9.17) is 4.52 Å². The van der Waals surface area contributed by atoms with Gasteiger partial charge in [0.25, 0.3) is 0 Å². The van der Waals surface area contributed by atoms with E-state index >= 15 is 0 Å². The van der Waals surface area contributed by atoms with Crippen molar-refractivity contribution in [2.24, 2.45) is 0 Å². The van der Waals surface area contributed by atoms with E-state index < -0.39 is 0 Å². The second-order valence-corrected chi connectivity index (χ2v) is 5.11. The van der Waals surface area contributed by atoms with Crippen molar-refractivity contribution in [1.29, 1.82) is 5.26 Å². The number of nitriles is 1. The fourth-order valence-corrected chi connectivity index (χ4v) is 2.52. The Morgan fingerprint density at radius 1 is 1.43 bits per heavy atom. The minimum atomic E-state index is 0.00787. The van der Waals surface area contributed by atoms with Gasteiger partial charge in [-0.05, 0) is 26.1 Å². The van der Waals surface area contributed by atoms with Crippen LogP contribution in [0.4, 0.5) is 5.82 Å². The fraction of sp³-hybridized carbons (Fsp3) is 0.429. The highest BCUT2D eigenvalue weighted by Crippen LogP contribution is 2.27. The summed E-state index contributed by atoms with van der Waals surface area (Å²) in [5.41, 5.74) is 0.586. The molecule has 3 rings (SSSR count). The van der Waals surface area contributed by atoms with Crippen LogP contribution in [0.5, 0.6) is 0 Å². The van der Waals surface area contributed by atoms with Crippen LogP contribution in [0.3, 0.4) is 0 Å². The number of aryl methyl sites for hydroxylation is 1. The Morgan fingerprint density at radius 3 is 3.00 bits per heavy atom. The lowest BCUT2D eigenvalue weighted by molar-refractivity contribution is 0.177. The minimum Gasteiger partial charge on any atom is -0.352 e. The molecule has 0 saturated carbocycles. The predicted octanol–water partition coefficient (Wildman–Crippen LogP) is 1.14. The molecule has 0 aliphatic carbocycles. The van der Waals surface area contributed by atoms with Gasteiger partial charge < -0.3 is 9.42 Å². The van der Waals surface area contributed by atoms with E-state index in [1.165, 1.54) is 0 Å². The standard InChI is InChI=1S/C14H16N6O/c1-10-17-14(21-18-10)12-9-20(7-6-19(12)2)13-11(8-15)4-3-5-16-13/h3-5,12H,6-7,9H2,1-2H3. The number of aromatic nitrogens is 3. The van der Waals surface area contributed by atoms with Crippen LogP contribution in [-0.4, -0.2) is 46.7 Å². The zero-order valence-corrected chi connectivity index (χ0v) is 12.0. The van der Waals surface area contributed by atoms with Crippen LogP contribution in [-0.2, 0) is 0 Å². The molecule has 7 heteroatoms. The highest BCUT2D eigenvalue weighted by atomic mass is 16.5. The maximum Gasteiger partial charge on any atom is 0.245 e. The van der Waals surface area contributed by atoms with Gasteiger partial charge in [0.2, 0.25) is 5.89 Å². The summed E-state index contributed by atoms with van der Waals surface area (Å²) in [6, 6.07) is 5.76. The summed E-state index contributed by atoms with van der Waals surface area (Å²) in [5, 5.41) is 13.1. The summed E-state index contributed by atoms with van der Waals surface area (Å²) in [7, 11) is 2.03. The van der Waals surface area contributed by atoms with Gasteiger partial charge in [0.15, 0.2) is 5.82 Å². The molecule has 0 aromatic carbocycles. The number of hydrogen-bond acceptors (Lipinski definition) is 7. The van der Waals surface area contributed by atoms with Crippen molar-refractivity contribution < 1.29 is 4.52 Å². The molecular weight excluding hydrogens is 268 g/mol. The molecule has 0 spiro atoms. The first kappa shape index (κ1) is 13.5. The third kappa shape index (κ3) is 2.58. The van der Waals surface area contributed by atoms with Gasteiger partial charge in [-0.3, -0.25) is 4.90 Å². The van der Waals surface area contributed by atoms with E-state index in [2.05, 4.69) is 31.0 Å². The van der Waals surface area contributed by atoms with Crippen LogP contribution < -0.4 is 4.90 Å². The van der Waals surface area contributed by atoms with Crippen molar-refractivity contribution in [1.82, 2.24) is 20.0 Å². The molecular formula is C14H16N6O. The zero-order chi connectivity index (χ0) is 14.8. The van der Waals surface area contributed by atoms with E-state index in [-0.39, 0.29) is 6.04 Å². The Kier molecular flexibility index (Phi) is 3.54. The first-order valence-corrected chi connectivity index (χ1v) is 6.79. The van der Waals surface area contributed by atoms with Crippen molar-refractivity contribution >= 4 is 5.82 Å². The maximum atomic E-state index is 9.22. The van der Waals surface area contributed by atoms with Crippen molar-refractivity contribution in [3.05, 3.63) is 35.6 Å². The molecule has 1 aliphatic heterocycles. The number of likely N-dealkylation sites (N-methyl/N-ethyl adjacent to an activating group) is 1. The molecule has 1 fully saturated rings. The molecule has 1 unspecified atom stereocenters. The highest BCUT2D eigenvalue weighted by molar-refractivity contribution is 5.53. The molecule has 3 heterocycles. The van der Waals surface area contributed by atoms with Gasteiger partial charge in [-0.15, -0.1) is 0 Å². The van der Waals surface area contributed by atoms with Crippen LogP contribution in [0.25, 0.3) is 0 Å². The van der Waals surface area contributed by atoms with E-state index in [1.54, 1.807) is 25.3 Å². The van der Waals surface area contributed by atoms with Crippen LogP contribution in [0.15, 0.2) is 22.9 Å². The monoisotopic (exact) mass is 284 g/mol. The molecule has 108 valence electrons. The summed E-state index contributed by atoms with van der Waals surface area (Å²) >= 11 is 0. The number of anilines is 1. The van der Waals surface area contributed by atoms with Crippen LogP contribution in [0, 0.1) is 18.3 Å². The molecule has 0 amide bonds. The first-order chi connectivity index (χ1) is 10.2. The number of pyridine rings is 1. The molecule has 1 aliphatic rings. The van der Waals surface area contributed by atoms with Crippen LogP contribution >= 0.6 is 0 Å². The smallest absolute Gasteiger partial charge is 0.245 e. The Bertz CT molecular complexity index is 676. The lowest BCUT2D eigenvalue weighted by atomic mass is 10.1. The summed E-state index contributed by atoms with van der Waals surface area (Å²) < 4.78 is 5.30. The maximum absolute atomic E-state index is 9.22. The third-order valence-corrected chi connectivity index (χ3v) is 3.68. The van der Waals surface area contributed by atoms with Gasteiger partial charge in [-0.2, -0.15) is 10.2 Å². The average molecular weight is 284 g/mol. The van der Waals surface area contributed by atoms with Gasteiger partial charge in [0.05, 0.1) is 5.56 Å². The van der Waals surface area contributed by atoms with Crippen LogP contribution in [0.1, 0.15) is 23.3 Å². The van der Waals surface area contributed by atoms with Crippen molar-refractivity contribution in [2.75, 3.05) is 31.6 Å². The van der Waals surface area contributed by atoms with E-state index in [0.717, 1.165) is 13.1 Å². The lowest BCUT2D eigenvalue weighted by Crippen LogP contribution is -2.47. The molecule has 2 aromatic heterocycles. The Morgan fingerprint density at radius 2 is 2.29 bits per heavy atom.